The van der Waals surface area contributed by atoms with E-state index in [9.17, 15) is 9.59 Å². The lowest BCUT2D eigenvalue weighted by atomic mass is 10.2. The second-order valence-electron chi connectivity index (χ2n) is 4.99. The summed E-state index contributed by atoms with van der Waals surface area (Å²) in [6.45, 7) is 4.44. The molecule has 0 radical (unpaired) electrons. The molecule has 0 bridgehead atoms. The van der Waals surface area contributed by atoms with Crippen molar-refractivity contribution in [3.63, 3.8) is 0 Å². The predicted molar refractivity (Wildman–Crippen MR) is 98.0 cm³/mol. The fourth-order valence-corrected chi connectivity index (χ4v) is 1.99. The van der Waals surface area contributed by atoms with Gasteiger partial charge in [-0.05, 0) is 44.2 Å². The fourth-order valence-electron chi connectivity index (χ4n) is 1.99. The molecule has 6 N–H and O–H groups in total. The molecule has 0 saturated heterocycles. The molecule has 0 aliphatic rings. The first kappa shape index (κ1) is 20.6. The lowest BCUT2D eigenvalue weighted by Gasteiger charge is -2.07. The molecule has 0 aromatic heterocycles. The van der Waals surface area contributed by atoms with Gasteiger partial charge in [0, 0.05) is 17.4 Å². The van der Waals surface area contributed by atoms with Gasteiger partial charge in [0.25, 0.3) is 0 Å². The predicted octanol–water partition coefficient (Wildman–Crippen LogP) is 2.73. The van der Waals surface area contributed by atoms with Crippen LogP contribution in [0.3, 0.4) is 0 Å². The summed E-state index contributed by atoms with van der Waals surface area (Å²) in [6, 6.07) is 9.02. The largest absolute Gasteiger partial charge is 0.493 e. The zero-order valence-electron chi connectivity index (χ0n) is 14.6. The standard InChI is InChI=1S/2C9H11NO3/c1-2-13-8-4-3-6(10)5-7(8)9(11)12;1-2-13-8-5-6(10)3-4-7(8)9(11)12/h2*3-5H,2,10H2,1H3,(H,11,12). The minimum absolute atomic E-state index is 0.0989. The Morgan fingerprint density at radius 2 is 1.31 bits per heavy atom. The smallest absolute Gasteiger partial charge is 0.339 e. The number of hydrogen-bond acceptors (Lipinski definition) is 6. The number of carboxylic acid groups (broad SMARTS) is 2. The topological polar surface area (TPSA) is 145 Å². The van der Waals surface area contributed by atoms with Crippen LogP contribution in [0.5, 0.6) is 11.5 Å². The molecule has 26 heavy (non-hydrogen) atoms. The van der Waals surface area contributed by atoms with E-state index in [0.717, 1.165) is 0 Å². The Balaban J connectivity index is 0.000000260. The van der Waals surface area contributed by atoms with E-state index in [2.05, 4.69) is 0 Å². The van der Waals surface area contributed by atoms with Crippen LogP contribution in [0.4, 0.5) is 11.4 Å². The molecule has 2 aromatic carbocycles. The first-order valence-electron chi connectivity index (χ1n) is 7.81. The van der Waals surface area contributed by atoms with Crippen LogP contribution in [0.25, 0.3) is 0 Å². The van der Waals surface area contributed by atoms with Gasteiger partial charge in [-0.25, -0.2) is 9.59 Å². The highest BCUT2D eigenvalue weighted by atomic mass is 16.5. The van der Waals surface area contributed by atoms with Crippen LogP contribution in [0.1, 0.15) is 34.6 Å². The third-order valence-corrected chi connectivity index (χ3v) is 3.07. The van der Waals surface area contributed by atoms with E-state index < -0.39 is 11.9 Å². The normalized spacial score (nSPS) is 9.62. The molecular weight excluding hydrogens is 340 g/mol. The maximum atomic E-state index is 10.7. The number of aromatic carboxylic acids is 2. The van der Waals surface area contributed by atoms with Crippen molar-refractivity contribution in [2.24, 2.45) is 0 Å². The molecule has 0 fully saturated rings. The molecule has 2 rings (SSSR count). The number of benzene rings is 2. The average molecular weight is 362 g/mol. The molecule has 0 aliphatic carbocycles. The van der Waals surface area contributed by atoms with E-state index in [1.165, 1.54) is 24.3 Å². The number of ether oxygens (including phenoxy) is 2. The summed E-state index contributed by atoms with van der Waals surface area (Å²) in [4.78, 5) is 21.4. The van der Waals surface area contributed by atoms with Crippen LogP contribution >= 0.6 is 0 Å². The number of nitrogens with two attached hydrogens (primary N) is 2. The van der Waals surface area contributed by atoms with Gasteiger partial charge in [0.1, 0.15) is 22.6 Å². The molecule has 0 spiro atoms. The number of anilines is 2. The van der Waals surface area contributed by atoms with Crippen LogP contribution in [0.2, 0.25) is 0 Å². The molecule has 140 valence electrons. The van der Waals surface area contributed by atoms with Crippen molar-refractivity contribution in [1.82, 2.24) is 0 Å². The third kappa shape index (κ3) is 5.90. The van der Waals surface area contributed by atoms with Crippen LogP contribution in [-0.2, 0) is 0 Å². The Morgan fingerprint density at radius 3 is 1.85 bits per heavy atom. The van der Waals surface area contributed by atoms with Crippen LogP contribution in [-0.4, -0.2) is 35.4 Å². The van der Waals surface area contributed by atoms with Crippen LogP contribution in [0.15, 0.2) is 36.4 Å². The summed E-state index contributed by atoms with van der Waals surface area (Å²) in [5, 5.41) is 17.5. The number of hydrogen-bond donors (Lipinski definition) is 4. The second kappa shape index (κ2) is 9.77. The molecule has 8 nitrogen and oxygen atoms in total. The molecule has 0 atom stereocenters. The monoisotopic (exact) mass is 362 g/mol. The fraction of sp³-hybridized carbons (Fsp3) is 0.222. The van der Waals surface area contributed by atoms with Crippen molar-refractivity contribution in [1.29, 1.82) is 0 Å². The zero-order valence-corrected chi connectivity index (χ0v) is 14.6. The molecule has 0 heterocycles. The van der Waals surface area contributed by atoms with E-state index in [1.54, 1.807) is 26.0 Å². The van der Waals surface area contributed by atoms with Gasteiger partial charge >= 0.3 is 11.9 Å². The third-order valence-electron chi connectivity index (χ3n) is 3.07. The lowest BCUT2D eigenvalue weighted by Crippen LogP contribution is -2.03. The molecule has 0 amide bonds. The van der Waals surface area contributed by atoms with Gasteiger partial charge in [0.15, 0.2) is 0 Å². The molecule has 2 aromatic rings. The van der Waals surface area contributed by atoms with Crippen molar-refractivity contribution in [3.8, 4) is 11.5 Å². The zero-order chi connectivity index (χ0) is 19.7. The van der Waals surface area contributed by atoms with E-state index in [4.69, 9.17) is 31.2 Å². The van der Waals surface area contributed by atoms with Gasteiger partial charge in [-0.3, -0.25) is 0 Å². The molecule has 0 saturated carbocycles. The highest BCUT2D eigenvalue weighted by Gasteiger charge is 2.11. The van der Waals surface area contributed by atoms with Crippen molar-refractivity contribution >= 4 is 23.3 Å². The van der Waals surface area contributed by atoms with E-state index >= 15 is 0 Å². The molecule has 0 unspecified atom stereocenters. The van der Waals surface area contributed by atoms with Gasteiger partial charge in [0.05, 0.1) is 13.2 Å². The molecule has 8 heteroatoms. The highest BCUT2D eigenvalue weighted by Crippen LogP contribution is 2.22. The number of carboxylic acids is 2. The summed E-state index contributed by atoms with van der Waals surface area (Å²) in [5.74, 6) is -1.38. The Kier molecular flexibility index (Phi) is 7.75. The summed E-state index contributed by atoms with van der Waals surface area (Å²) < 4.78 is 10.2. The average Bonchev–Trinajstić information content (AvgIpc) is 2.57. The van der Waals surface area contributed by atoms with Gasteiger partial charge in [-0.2, -0.15) is 0 Å². The minimum Gasteiger partial charge on any atom is -0.493 e. The minimum atomic E-state index is -1.03. The maximum absolute atomic E-state index is 10.7. The molecular formula is C18H22N2O6. The van der Waals surface area contributed by atoms with E-state index in [1.807, 2.05) is 0 Å². The van der Waals surface area contributed by atoms with Gasteiger partial charge in [-0.15, -0.1) is 0 Å². The Hall–Kier alpha value is -3.42. The number of carbonyl (C=O) groups is 2. The van der Waals surface area contributed by atoms with Crippen molar-refractivity contribution in [2.75, 3.05) is 24.7 Å². The molecule has 0 aliphatic heterocycles. The van der Waals surface area contributed by atoms with Crippen molar-refractivity contribution in [2.45, 2.75) is 13.8 Å². The number of rotatable bonds is 6. The Bertz CT molecular complexity index is 776. The Morgan fingerprint density at radius 1 is 0.808 bits per heavy atom. The summed E-state index contributed by atoms with van der Waals surface area (Å²) in [6.07, 6.45) is 0. The van der Waals surface area contributed by atoms with Gasteiger partial charge in [-0.1, -0.05) is 0 Å². The first-order chi connectivity index (χ1) is 12.3. The quantitative estimate of drug-likeness (QED) is 0.574. The van der Waals surface area contributed by atoms with Crippen LogP contribution in [0, 0.1) is 0 Å². The summed E-state index contributed by atoms with van der Waals surface area (Å²) in [5.41, 5.74) is 12.1. The summed E-state index contributed by atoms with van der Waals surface area (Å²) >= 11 is 0. The number of nitrogen functional groups attached to an aromatic ring is 2. The lowest BCUT2D eigenvalue weighted by molar-refractivity contribution is 0.0681. The van der Waals surface area contributed by atoms with Crippen molar-refractivity contribution < 1.29 is 29.3 Å². The van der Waals surface area contributed by atoms with Crippen LogP contribution < -0.4 is 20.9 Å². The van der Waals surface area contributed by atoms with Gasteiger partial charge in [0.2, 0.25) is 0 Å². The van der Waals surface area contributed by atoms with Crippen molar-refractivity contribution in [3.05, 3.63) is 47.5 Å². The summed E-state index contributed by atoms with van der Waals surface area (Å²) in [7, 11) is 0. The Labute approximate surface area is 151 Å². The first-order valence-corrected chi connectivity index (χ1v) is 7.81. The SMILES string of the molecule is CCOc1cc(N)ccc1C(=O)O.CCOc1ccc(N)cc1C(=O)O. The maximum Gasteiger partial charge on any atom is 0.339 e. The van der Waals surface area contributed by atoms with E-state index in [-0.39, 0.29) is 11.1 Å². The highest BCUT2D eigenvalue weighted by molar-refractivity contribution is 5.92. The second-order valence-corrected chi connectivity index (χ2v) is 4.99. The van der Waals surface area contributed by atoms with Gasteiger partial charge < -0.3 is 31.2 Å². The van der Waals surface area contributed by atoms with E-state index in [0.29, 0.717) is 36.1 Å².